The Morgan fingerprint density at radius 3 is 2.62 bits per heavy atom. The number of amides is 1. The first kappa shape index (κ1) is 18.6. The van der Waals surface area contributed by atoms with E-state index >= 15 is 0 Å². The molecule has 130 valence electrons. The highest BCUT2D eigenvalue weighted by atomic mass is 32.1. The highest BCUT2D eigenvalue weighted by Crippen LogP contribution is 2.27. The lowest BCUT2D eigenvalue weighted by molar-refractivity contribution is -0.119. The molecule has 0 saturated carbocycles. The molecule has 0 bridgehead atoms. The number of methoxy groups -OCH3 is 1. The minimum absolute atomic E-state index is 0.0277. The average molecular weight is 346 g/mol. The molecule has 0 spiro atoms. The molecule has 0 fully saturated rings. The molecule has 2 atom stereocenters. The fraction of sp³-hybridized carbons (Fsp3) is 0.474. The fourth-order valence-electron chi connectivity index (χ4n) is 2.61. The van der Waals surface area contributed by atoms with E-state index in [9.17, 15) is 4.79 Å². The molecular weight excluding hydrogens is 320 g/mol. The SMILES string of the molecule is COC[C@@H](C)c1nc(-c2ccc(CC[C@H](C)NC(C)=O)cc2)cs1. The van der Waals surface area contributed by atoms with E-state index in [1.807, 2.05) is 6.92 Å². The van der Waals surface area contributed by atoms with Gasteiger partial charge in [-0.1, -0.05) is 31.2 Å². The zero-order valence-electron chi connectivity index (χ0n) is 14.8. The van der Waals surface area contributed by atoms with Crippen molar-refractivity contribution in [3.05, 3.63) is 40.2 Å². The largest absolute Gasteiger partial charge is 0.384 e. The third kappa shape index (κ3) is 5.42. The van der Waals surface area contributed by atoms with Crippen molar-refractivity contribution >= 4 is 17.2 Å². The Balaban J connectivity index is 1.95. The van der Waals surface area contributed by atoms with Crippen LogP contribution in [0.15, 0.2) is 29.6 Å². The smallest absolute Gasteiger partial charge is 0.217 e. The molecule has 0 saturated heterocycles. The Morgan fingerprint density at radius 1 is 1.29 bits per heavy atom. The van der Waals surface area contributed by atoms with Crippen molar-refractivity contribution < 1.29 is 9.53 Å². The maximum Gasteiger partial charge on any atom is 0.217 e. The van der Waals surface area contributed by atoms with Crippen molar-refractivity contribution in [2.45, 2.75) is 45.6 Å². The van der Waals surface area contributed by atoms with Crippen molar-refractivity contribution in [2.24, 2.45) is 0 Å². The Kier molecular flexibility index (Phi) is 6.94. The topological polar surface area (TPSA) is 51.2 Å². The van der Waals surface area contributed by atoms with E-state index in [4.69, 9.17) is 9.72 Å². The minimum atomic E-state index is 0.0277. The molecule has 0 aliphatic carbocycles. The van der Waals surface area contributed by atoms with E-state index in [1.165, 1.54) is 5.56 Å². The molecule has 24 heavy (non-hydrogen) atoms. The van der Waals surface area contributed by atoms with Crippen LogP contribution in [-0.2, 0) is 16.0 Å². The number of carbonyl (C=O) groups is 1. The molecule has 1 heterocycles. The van der Waals surface area contributed by atoms with Crippen LogP contribution in [-0.4, -0.2) is 30.6 Å². The molecule has 5 heteroatoms. The van der Waals surface area contributed by atoms with Crippen LogP contribution in [0.1, 0.15) is 43.7 Å². The first-order chi connectivity index (χ1) is 11.5. The minimum Gasteiger partial charge on any atom is -0.384 e. The first-order valence-corrected chi connectivity index (χ1v) is 9.18. The molecule has 0 radical (unpaired) electrons. The van der Waals surface area contributed by atoms with E-state index < -0.39 is 0 Å². The van der Waals surface area contributed by atoms with Gasteiger partial charge in [0.25, 0.3) is 0 Å². The van der Waals surface area contributed by atoms with Gasteiger partial charge in [-0.3, -0.25) is 4.79 Å². The van der Waals surface area contributed by atoms with Gasteiger partial charge in [-0.15, -0.1) is 11.3 Å². The second kappa shape index (κ2) is 8.94. The van der Waals surface area contributed by atoms with Gasteiger partial charge in [-0.05, 0) is 25.3 Å². The van der Waals surface area contributed by atoms with Crippen LogP contribution in [0.5, 0.6) is 0 Å². The number of carbonyl (C=O) groups excluding carboxylic acids is 1. The van der Waals surface area contributed by atoms with Gasteiger partial charge in [0.15, 0.2) is 0 Å². The van der Waals surface area contributed by atoms with E-state index in [0.29, 0.717) is 12.5 Å². The van der Waals surface area contributed by atoms with E-state index in [2.05, 4.69) is 41.9 Å². The number of nitrogens with zero attached hydrogens (tertiary/aromatic N) is 1. The summed E-state index contributed by atoms with van der Waals surface area (Å²) in [6, 6.07) is 8.74. The van der Waals surface area contributed by atoms with Crippen LogP contribution < -0.4 is 5.32 Å². The summed E-state index contributed by atoms with van der Waals surface area (Å²) >= 11 is 1.69. The molecule has 1 aromatic carbocycles. The number of thiazole rings is 1. The number of hydrogen-bond donors (Lipinski definition) is 1. The monoisotopic (exact) mass is 346 g/mol. The van der Waals surface area contributed by atoms with Crippen molar-refractivity contribution in [2.75, 3.05) is 13.7 Å². The van der Waals surface area contributed by atoms with Gasteiger partial charge < -0.3 is 10.1 Å². The van der Waals surface area contributed by atoms with Gasteiger partial charge in [0, 0.05) is 36.9 Å². The van der Waals surface area contributed by atoms with Crippen LogP contribution in [0.4, 0.5) is 0 Å². The van der Waals surface area contributed by atoms with Gasteiger partial charge in [0.2, 0.25) is 5.91 Å². The summed E-state index contributed by atoms with van der Waals surface area (Å²) in [6.07, 6.45) is 1.89. The number of aryl methyl sites for hydroxylation is 1. The second-order valence-electron chi connectivity index (χ2n) is 6.26. The number of rotatable bonds is 8. The summed E-state index contributed by atoms with van der Waals surface area (Å²) in [4.78, 5) is 15.8. The Morgan fingerprint density at radius 2 is 2.00 bits per heavy atom. The molecule has 2 aromatic rings. The Hall–Kier alpha value is -1.72. The molecule has 2 rings (SSSR count). The number of benzene rings is 1. The quantitative estimate of drug-likeness (QED) is 0.785. The summed E-state index contributed by atoms with van der Waals surface area (Å²) in [5.74, 6) is 0.350. The van der Waals surface area contributed by atoms with Gasteiger partial charge in [0.05, 0.1) is 17.3 Å². The fourth-order valence-corrected chi connectivity index (χ4v) is 3.48. The van der Waals surface area contributed by atoms with E-state index in [1.54, 1.807) is 25.4 Å². The molecule has 4 nitrogen and oxygen atoms in total. The molecule has 1 amide bonds. The number of nitrogens with one attached hydrogen (secondary N) is 1. The third-order valence-electron chi connectivity index (χ3n) is 3.93. The van der Waals surface area contributed by atoms with Crippen molar-refractivity contribution in [1.82, 2.24) is 10.3 Å². The summed E-state index contributed by atoms with van der Waals surface area (Å²) in [7, 11) is 1.72. The average Bonchev–Trinajstić information content (AvgIpc) is 3.03. The van der Waals surface area contributed by atoms with Gasteiger partial charge in [-0.2, -0.15) is 0 Å². The zero-order valence-corrected chi connectivity index (χ0v) is 15.7. The lowest BCUT2D eigenvalue weighted by Crippen LogP contribution is -2.30. The van der Waals surface area contributed by atoms with E-state index in [0.717, 1.165) is 29.1 Å². The highest BCUT2D eigenvalue weighted by Gasteiger charge is 2.11. The second-order valence-corrected chi connectivity index (χ2v) is 7.15. The predicted octanol–water partition coefficient (Wildman–Crippen LogP) is 4.02. The number of aromatic nitrogens is 1. The summed E-state index contributed by atoms with van der Waals surface area (Å²) in [6.45, 7) is 6.42. The van der Waals surface area contributed by atoms with Crippen LogP contribution in [0.25, 0.3) is 11.3 Å². The zero-order chi connectivity index (χ0) is 17.5. The molecule has 0 aliphatic heterocycles. The summed E-state index contributed by atoms with van der Waals surface area (Å²) in [5.41, 5.74) is 3.44. The lowest BCUT2D eigenvalue weighted by Gasteiger charge is -2.12. The normalized spacial score (nSPS) is 13.5. The molecule has 1 aromatic heterocycles. The van der Waals surface area contributed by atoms with Gasteiger partial charge in [0.1, 0.15) is 0 Å². The molecule has 1 N–H and O–H groups in total. The summed E-state index contributed by atoms with van der Waals surface area (Å²) < 4.78 is 5.20. The number of hydrogen-bond acceptors (Lipinski definition) is 4. The lowest BCUT2D eigenvalue weighted by atomic mass is 10.0. The molecular formula is C19H26N2O2S. The highest BCUT2D eigenvalue weighted by molar-refractivity contribution is 7.10. The summed E-state index contributed by atoms with van der Waals surface area (Å²) in [5, 5.41) is 6.13. The van der Waals surface area contributed by atoms with Crippen molar-refractivity contribution in [3.63, 3.8) is 0 Å². The van der Waals surface area contributed by atoms with Gasteiger partial charge in [-0.25, -0.2) is 4.98 Å². The third-order valence-corrected chi connectivity index (χ3v) is 5.00. The van der Waals surface area contributed by atoms with E-state index in [-0.39, 0.29) is 11.9 Å². The predicted molar refractivity (Wildman–Crippen MR) is 99.4 cm³/mol. The Labute approximate surface area is 148 Å². The van der Waals surface area contributed by atoms with Crippen LogP contribution >= 0.6 is 11.3 Å². The van der Waals surface area contributed by atoms with Crippen molar-refractivity contribution in [3.8, 4) is 11.3 Å². The van der Waals surface area contributed by atoms with Crippen molar-refractivity contribution in [1.29, 1.82) is 0 Å². The maximum absolute atomic E-state index is 11.0. The molecule has 0 unspecified atom stereocenters. The van der Waals surface area contributed by atoms with Crippen LogP contribution in [0, 0.1) is 0 Å². The standard InChI is InChI=1S/C19H26N2O2S/c1-13(11-23-4)19-21-18(12-24-19)17-9-7-16(8-10-17)6-5-14(2)20-15(3)22/h7-10,12-14H,5-6,11H2,1-4H3,(H,20,22)/t13-,14+/m1/s1. The Bertz CT molecular complexity index is 652. The molecule has 0 aliphatic rings. The maximum atomic E-state index is 11.0. The van der Waals surface area contributed by atoms with Crippen LogP contribution in [0.3, 0.4) is 0 Å². The van der Waals surface area contributed by atoms with Gasteiger partial charge >= 0.3 is 0 Å². The first-order valence-electron chi connectivity index (χ1n) is 8.30. The van der Waals surface area contributed by atoms with Crippen LogP contribution in [0.2, 0.25) is 0 Å². The number of ether oxygens (including phenoxy) is 1.